The van der Waals surface area contributed by atoms with E-state index in [4.69, 9.17) is 5.11 Å². The van der Waals surface area contributed by atoms with E-state index in [2.05, 4.69) is 11.8 Å². The fraction of sp³-hybridized carbons (Fsp3) is 0.875. The van der Waals surface area contributed by atoms with E-state index in [0.29, 0.717) is 12.6 Å². The summed E-state index contributed by atoms with van der Waals surface area (Å²) in [7, 11) is 0. The molecule has 0 saturated carbocycles. The summed E-state index contributed by atoms with van der Waals surface area (Å²) < 4.78 is 0. The quantitative estimate of drug-likeness (QED) is 0.626. The van der Waals surface area contributed by atoms with E-state index < -0.39 is 0 Å². The van der Waals surface area contributed by atoms with E-state index in [1.54, 1.807) is 0 Å². The molecule has 10 heavy (non-hydrogen) atoms. The van der Waals surface area contributed by atoms with Gasteiger partial charge in [0.25, 0.3) is 0 Å². The molecule has 1 rings (SSSR count). The number of likely N-dealkylation sites (tertiary alicyclic amines) is 1. The van der Waals surface area contributed by atoms with Crippen molar-refractivity contribution in [1.29, 1.82) is 0 Å². The van der Waals surface area contributed by atoms with Gasteiger partial charge in [0.05, 0.1) is 6.61 Å². The lowest BCUT2D eigenvalue weighted by Crippen LogP contribution is -2.32. The summed E-state index contributed by atoms with van der Waals surface area (Å²) in [5.74, 6) is 0. The molecule has 1 atom stereocenters. The second kappa shape index (κ2) is 3.94. The second-order valence-electron chi connectivity index (χ2n) is 2.87. The summed E-state index contributed by atoms with van der Waals surface area (Å²) in [4.78, 5) is 2.33. The molecule has 0 aromatic carbocycles. The second-order valence-corrected chi connectivity index (χ2v) is 2.87. The predicted molar refractivity (Wildman–Crippen MR) is 41.7 cm³/mol. The number of rotatable bonds is 3. The number of hydrogen-bond donors (Lipinski definition) is 1. The monoisotopic (exact) mass is 142 g/mol. The molecule has 1 radical (unpaired) electrons. The minimum absolute atomic E-state index is 0.319. The summed E-state index contributed by atoms with van der Waals surface area (Å²) in [5, 5.41) is 8.90. The first-order valence-corrected chi connectivity index (χ1v) is 4.02. The van der Waals surface area contributed by atoms with Crippen molar-refractivity contribution in [3.63, 3.8) is 0 Å². The Hall–Kier alpha value is -0.0800. The molecule has 0 amide bonds. The molecule has 1 saturated heterocycles. The van der Waals surface area contributed by atoms with Crippen molar-refractivity contribution in [3.05, 3.63) is 6.92 Å². The Kier molecular flexibility index (Phi) is 3.16. The lowest BCUT2D eigenvalue weighted by molar-refractivity contribution is 0.160. The van der Waals surface area contributed by atoms with Crippen LogP contribution >= 0.6 is 0 Å². The third kappa shape index (κ3) is 1.70. The number of aliphatic hydroxyl groups excluding tert-OH is 1. The first kappa shape index (κ1) is 8.02. The predicted octanol–water partition coefficient (Wildman–Crippen LogP) is 0.667. The molecule has 0 bridgehead atoms. The lowest BCUT2D eigenvalue weighted by Gasteiger charge is -2.21. The van der Waals surface area contributed by atoms with Gasteiger partial charge in [-0.15, -0.1) is 0 Å². The van der Waals surface area contributed by atoms with Gasteiger partial charge in [0, 0.05) is 6.04 Å². The van der Waals surface area contributed by atoms with Crippen LogP contribution in [-0.4, -0.2) is 35.7 Å². The van der Waals surface area contributed by atoms with Gasteiger partial charge in [-0.2, -0.15) is 0 Å². The summed E-state index contributed by atoms with van der Waals surface area (Å²) in [6.07, 6.45) is 3.36. The van der Waals surface area contributed by atoms with Gasteiger partial charge >= 0.3 is 0 Å². The number of nitrogens with zero attached hydrogens (tertiary/aromatic N) is 1. The van der Waals surface area contributed by atoms with E-state index in [1.165, 1.54) is 6.42 Å². The van der Waals surface area contributed by atoms with E-state index in [-0.39, 0.29) is 0 Å². The average Bonchev–Trinajstić information content (AvgIpc) is 2.36. The molecular weight excluding hydrogens is 126 g/mol. The van der Waals surface area contributed by atoms with Crippen molar-refractivity contribution in [2.24, 2.45) is 0 Å². The maximum Gasteiger partial charge on any atom is 0.0586 e. The van der Waals surface area contributed by atoms with Crippen molar-refractivity contribution in [1.82, 2.24) is 4.90 Å². The normalized spacial score (nSPS) is 27.6. The molecule has 0 aliphatic carbocycles. The van der Waals surface area contributed by atoms with Gasteiger partial charge in [-0.3, -0.25) is 4.90 Å². The van der Waals surface area contributed by atoms with Crippen LogP contribution in [0.2, 0.25) is 0 Å². The van der Waals surface area contributed by atoms with Crippen LogP contribution in [0.1, 0.15) is 19.3 Å². The SMILES string of the molecule is [CH2]CCN1CCC[C@@H]1CO. The number of hydrogen-bond acceptors (Lipinski definition) is 2. The van der Waals surface area contributed by atoms with Crippen LogP contribution in [0.15, 0.2) is 0 Å². The molecule has 0 spiro atoms. The fourth-order valence-electron chi connectivity index (χ4n) is 1.60. The van der Waals surface area contributed by atoms with Gasteiger partial charge in [0.2, 0.25) is 0 Å². The molecule has 1 heterocycles. The smallest absolute Gasteiger partial charge is 0.0586 e. The van der Waals surface area contributed by atoms with Crippen molar-refractivity contribution in [3.8, 4) is 0 Å². The topological polar surface area (TPSA) is 23.5 Å². The van der Waals surface area contributed by atoms with Crippen LogP contribution in [0.3, 0.4) is 0 Å². The van der Waals surface area contributed by atoms with Gasteiger partial charge in [-0.05, 0) is 32.4 Å². The van der Waals surface area contributed by atoms with Gasteiger partial charge in [0.15, 0.2) is 0 Å². The maximum atomic E-state index is 8.90. The van der Waals surface area contributed by atoms with Crippen LogP contribution in [0.4, 0.5) is 0 Å². The molecule has 1 aliphatic rings. The highest BCUT2D eigenvalue weighted by Gasteiger charge is 2.21. The van der Waals surface area contributed by atoms with Crippen LogP contribution in [0, 0.1) is 6.92 Å². The van der Waals surface area contributed by atoms with Gasteiger partial charge in [-0.25, -0.2) is 0 Å². The van der Waals surface area contributed by atoms with Crippen molar-refractivity contribution in [2.45, 2.75) is 25.3 Å². The zero-order valence-electron chi connectivity index (χ0n) is 6.42. The van der Waals surface area contributed by atoms with Crippen LogP contribution in [0.5, 0.6) is 0 Å². The van der Waals surface area contributed by atoms with E-state index in [9.17, 15) is 0 Å². The molecule has 1 fully saturated rings. The first-order valence-electron chi connectivity index (χ1n) is 4.02. The van der Waals surface area contributed by atoms with Crippen molar-refractivity contribution < 1.29 is 5.11 Å². The first-order chi connectivity index (χ1) is 4.88. The molecule has 59 valence electrons. The van der Waals surface area contributed by atoms with Gasteiger partial charge in [-0.1, -0.05) is 6.92 Å². The lowest BCUT2D eigenvalue weighted by atomic mass is 10.2. The molecule has 0 unspecified atom stereocenters. The third-order valence-corrected chi connectivity index (χ3v) is 2.16. The highest BCUT2D eigenvalue weighted by Crippen LogP contribution is 2.15. The molecule has 1 N–H and O–H groups in total. The molecule has 2 heteroatoms. The summed E-state index contributed by atoms with van der Waals surface area (Å²) in [6.45, 7) is 6.31. The van der Waals surface area contributed by atoms with Crippen LogP contribution < -0.4 is 0 Å². The third-order valence-electron chi connectivity index (χ3n) is 2.16. The Morgan fingerprint density at radius 3 is 3.00 bits per heavy atom. The van der Waals surface area contributed by atoms with E-state index >= 15 is 0 Å². The highest BCUT2D eigenvalue weighted by molar-refractivity contribution is 4.77. The molecule has 0 aromatic rings. The minimum Gasteiger partial charge on any atom is -0.395 e. The molecule has 0 aromatic heterocycles. The van der Waals surface area contributed by atoms with E-state index in [1.807, 2.05) is 0 Å². The molecular formula is C8H16NO. The maximum absolute atomic E-state index is 8.90. The minimum atomic E-state index is 0.319. The fourth-order valence-corrected chi connectivity index (χ4v) is 1.60. The number of aliphatic hydroxyl groups is 1. The zero-order valence-corrected chi connectivity index (χ0v) is 6.42. The molecule has 1 aliphatic heterocycles. The summed E-state index contributed by atoms with van der Waals surface area (Å²) in [5.41, 5.74) is 0. The van der Waals surface area contributed by atoms with Gasteiger partial charge in [0.1, 0.15) is 0 Å². The van der Waals surface area contributed by atoms with Crippen LogP contribution in [-0.2, 0) is 0 Å². The van der Waals surface area contributed by atoms with Crippen molar-refractivity contribution in [2.75, 3.05) is 19.7 Å². The van der Waals surface area contributed by atoms with Gasteiger partial charge < -0.3 is 5.11 Å². The summed E-state index contributed by atoms with van der Waals surface area (Å²) >= 11 is 0. The Bertz CT molecular complexity index is 95.3. The Morgan fingerprint density at radius 2 is 2.40 bits per heavy atom. The summed E-state index contributed by atoms with van der Waals surface area (Å²) in [6, 6.07) is 0.432. The Labute approximate surface area is 62.8 Å². The zero-order chi connectivity index (χ0) is 7.40. The average molecular weight is 142 g/mol. The van der Waals surface area contributed by atoms with E-state index in [0.717, 1.165) is 25.9 Å². The van der Waals surface area contributed by atoms with Crippen LogP contribution in [0.25, 0.3) is 0 Å². The largest absolute Gasteiger partial charge is 0.395 e. The highest BCUT2D eigenvalue weighted by atomic mass is 16.3. The Morgan fingerprint density at radius 1 is 1.60 bits per heavy atom. The molecule has 2 nitrogen and oxygen atoms in total. The standard InChI is InChI=1S/C8H16NO/c1-2-5-9-6-3-4-8(9)7-10/h8,10H,1-7H2/t8-/m1/s1. The van der Waals surface area contributed by atoms with Crippen molar-refractivity contribution >= 4 is 0 Å². The Balaban J connectivity index is 2.27.